The lowest BCUT2D eigenvalue weighted by Gasteiger charge is -2.35. The van der Waals surface area contributed by atoms with E-state index in [1.165, 1.54) is 11.3 Å². The standard InChI is InChI=1S/C14H19ClN2O3S2/c15-13-2-1-12(21-13)14(18)16-10-3-6-17(7-4-10)11-5-8-22(19,20)9-11/h1-2,10-11H,3-9H2,(H,16,18)/t11-/m1/s1. The predicted octanol–water partition coefficient (Wildman–Crippen LogP) is 1.78. The van der Waals surface area contributed by atoms with Gasteiger partial charge < -0.3 is 5.32 Å². The van der Waals surface area contributed by atoms with Gasteiger partial charge in [-0.2, -0.15) is 0 Å². The lowest BCUT2D eigenvalue weighted by molar-refractivity contribution is 0.0902. The first-order valence-corrected chi connectivity index (χ1v) is 10.5. The summed E-state index contributed by atoms with van der Waals surface area (Å²) < 4.78 is 23.7. The van der Waals surface area contributed by atoms with Crippen molar-refractivity contribution in [2.24, 2.45) is 0 Å². The van der Waals surface area contributed by atoms with E-state index in [2.05, 4.69) is 10.2 Å². The Morgan fingerprint density at radius 2 is 2.00 bits per heavy atom. The fraction of sp³-hybridized carbons (Fsp3) is 0.643. The summed E-state index contributed by atoms with van der Waals surface area (Å²) in [6.45, 7) is 1.69. The van der Waals surface area contributed by atoms with Crippen molar-refractivity contribution in [1.82, 2.24) is 10.2 Å². The minimum Gasteiger partial charge on any atom is -0.349 e. The molecule has 0 spiro atoms. The average molecular weight is 363 g/mol. The second-order valence-corrected chi connectivity index (χ2v) is 9.89. The molecule has 0 bridgehead atoms. The summed E-state index contributed by atoms with van der Waals surface area (Å²) in [5, 5.41) is 3.04. The number of thiophene rings is 1. The molecule has 8 heteroatoms. The molecular weight excluding hydrogens is 344 g/mol. The van der Waals surface area contributed by atoms with Gasteiger partial charge >= 0.3 is 0 Å². The third kappa shape index (κ3) is 3.82. The van der Waals surface area contributed by atoms with Crippen LogP contribution in [-0.2, 0) is 9.84 Å². The number of nitrogens with zero attached hydrogens (tertiary/aromatic N) is 1. The quantitative estimate of drug-likeness (QED) is 0.890. The van der Waals surface area contributed by atoms with Gasteiger partial charge in [0.25, 0.3) is 5.91 Å². The number of hydrogen-bond donors (Lipinski definition) is 1. The number of amides is 1. The first kappa shape index (κ1) is 16.2. The highest BCUT2D eigenvalue weighted by atomic mass is 35.5. The second-order valence-electron chi connectivity index (χ2n) is 5.94. The summed E-state index contributed by atoms with van der Waals surface area (Å²) in [5.74, 6) is 0.532. The molecule has 1 amide bonds. The van der Waals surface area contributed by atoms with Crippen LogP contribution in [0.1, 0.15) is 28.9 Å². The Balaban J connectivity index is 1.49. The van der Waals surface area contributed by atoms with Crippen LogP contribution in [0.2, 0.25) is 4.34 Å². The molecule has 0 unspecified atom stereocenters. The molecule has 1 atom stereocenters. The summed E-state index contributed by atoms with van der Waals surface area (Å²) in [6.07, 6.45) is 2.47. The van der Waals surface area contributed by atoms with Gasteiger partial charge in [-0.05, 0) is 31.4 Å². The van der Waals surface area contributed by atoms with E-state index in [1.54, 1.807) is 12.1 Å². The van der Waals surface area contributed by atoms with Crippen molar-refractivity contribution >= 4 is 38.7 Å². The van der Waals surface area contributed by atoms with Crippen LogP contribution in [0.25, 0.3) is 0 Å². The number of halogens is 1. The number of rotatable bonds is 3. The van der Waals surface area contributed by atoms with Gasteiger partial charge in [0.2, 0.25) is 0 Å². The number of sulfone groups is 1. The fourth-order valence-corrected chi connectivity index (χ4v) is 5.87. The monoisotopic (exact) mass is 362 g/mol. The zero-order valence-electron chi connectivity index (χ0n) is 12.1. The fourth-order valence-electron chi connectivity index (χ4n) is 3.17. The molecule has 122 valence electrons. The van der Waals surface area contributed by atoms with Crippen LogP contribution >= 0.6 is 22.9 Å². The first-order chi connectivity index (χ1) is 10.4. The molecule has 5 nitrogen and oxygen atoms in total. The second kappa shape index (κ2) is 6.47. The van der Waals surface area contributed by atoms with E-state index in [9.17, 15) is 13.2 Å². The molecule has 0 aliphatic carbocycles. The molecule has 0 radical (unpaired) electrons. The summed E-state index contributed by atoms with van der Waals surface area (Å²) in [6, 6.07) is 3.78. The molecule has 22 heavy (non-hydrogen) atoms. The molecule has 0 saturated carbocycles. The van der Waals surface area contributed by atoms with Crippen molar-refractivity contribution in [3.05, 3.63) is 21.3 Å². The van der Waals surface area contributed by atoms with Crippen molar-refractivity contribution in [3.8, 4) is 0 Å². The van der Waals surface area contributed by atoms with E-state index in [0.717, 1.165) is 32.4 Å². The van der Waals surface area contributed by atoms with Gasteiger partial charge in [0.15, 0.2) is 9.84 Å². The summed E-state index contributed by atoms with van der Waals surface area (Å²) >= 11 is 7.13. The Morgan fingerprint density at radius 3 is 2.55 bits per heavy atom. The smallest absolute Gasteiger partial charge is 0.261 e. The number of carbonyl (C=O) groups excluding carboxylic acids is 1. The lowest BCUT2D eigenvalue weighted by atomic mass is 10.0. The summed E-state index contributed by atoms with van der Waals surface area (Å²) in [5.41, 5.74) is 0. The van der Waals surface area contributed by atoms with E-state index >= 15 is 0 Å². The van der Waals surface area contributed by atoms with Crippen molar-refractivity contribution < 1.29 is 13.2 Å². The molecule has 0 aromatic carbocycles. The van der Waals surface area contributed by atoms with E-state index in [4.69, 9.17) is 11.6 Å². The zero-order valence-corrected chi connectivity index (χ0v) is 14.5. The lowest BCUT2D eigenvalue weighted by Crippen LogP contribution is -2.48. The highest BCUT2D eigenvalue weighted by molar-refractivity contribution is 7.91. The molecule has 1 aromatic heterocycles. The summed E-state index contributed by atoms with van der Waals surface area (Å²) in [4.78, 5) is 15.0. The largest absolute Gasteiger partial charge is 0.349 e. The Bertz CT molecular complexity index is 651. The average Bonchev–Trinajstić information content (AvgIpc) is 3.05. The van der Waals surface area contributed by atoms with Crippen molar-refractivity contribution in [3.63, 3.8) is 0 Å². The minimum absolute atomic E-state index is 0.0706. The molecular formula is C14H19ClN2O3S2. The van der Waals surface area contributed by atoms with E-state index in [0.29, 0.717) is 15.0 Å². The van der Waals surface area contributed by atoms with Gasteiger partial charge in [-0.25, -0.2) is 8.42 Å². The van der Waals surface area contributed by atoms with Crippen molar-refractivity contribution in [2.45, 2.75) is 31.3 Å². The van der Waals surface area contributed by atoms with Crippen molar-refractivity contribution in [2.75, 3.05) is 24.6 Å². The molecule has 2 aliphatic heterocycles. The Labute approximate surface area is 139 Å². The molecule has 3 rings (SSSR count). The van der Waals surface area contributed by atoms with Crippen LogP contribution in [-0.4, -0.2) is 55.9 Å². The minimum atomic E-state index is -2.83. The molecule has 1 aromatic rings. The third-order valence-corrected chi connectivity index (χ3v) is 7.37. The maximum atomic E-state index is 12.1. The molecule has 2 fully saturated rings. The Hall–Kier alpha value is -0.630. The van der Waals surface area contributed by atoms with Gasteiger partial charge in [-0.1, -0.05) is 11.6 Å². The SMILES string of the molecule is O=C(NC1CCN([C@@H]2CCS(=O)(=O)C2)CC1)c1ccc(Cl)s1. The van der Waals surface area contributed by atoms with Gasteiger partial charge in [-0.15, -0.1) is 11.3 Å². The van der Waals surface area contributed by atoms with E-state index in [-0.39, 0.29) is 23.7 Å². The normalized spacial score (nSPS) is 26.1. The van der Waals surface area contributed by atoms with Crippen LogP contribution in [0.3, 0.4) is 0 Å². The molecule has 3 heterocycles. The van der Waals surface area contributed by atoms with Gasteiger partial charge in [0.05, 0.1) is 20.7 Å². The maximum Gasteiger partial charge on any atom is 0.261 e. The highest BCUT2D eigenvalue weighted by Crippen LogP contribution is 2.24. The molecule has 2 aliphatic rings. The molecule has 1 N–H and O–H groups in total. The number of piperidine rings is 1. The summed E-state index contributed by atoms with van der Waals surface area (Å²) in [7, 11) is -2.83. The van der Waals surface area contributed by atoms with E-state index in [1.807, 2.05) is 0 Å². The Kier molecular flexibility index (Phi) is 4.77. The van der Waals surface area contributed by atoms with E-state index < -0.39 is 9.84 Å². The van der Waals surface area contributed by atoms with Crippen molar-refractivity contribution in [1.29, 1.82) is 0 Å². The molecule has 2 saturated heterocycles. The highest BCUT2D eigenvalue weighted by Gasteiger charge is 2.34. The maximum absolute atomic E-state index is 12.1. The third-order valence-electron chi connectivity index (χ3n) is 4.39. The first-order valence-electron chi connectivity index (χ1n) is 7.44. The van der Waals surface area contributed by atoms with Crippen LogP contribution < -0.4 is 5.32 Å². The van der Waals surface area contributed by atoms with Gasteiger partial charge in [-0.3, -0.25) is 9.69 Å². The van der Waals surface area contributed by atoms with Crippen LogP contribution in [0.15, 0.2) is 12.1 Å². The van der Waals surface area contributed by atoms with Crippen LogP contribution in [0, 0.1) is 0 Å². The Morgan fingerprint density at radius 1 is 1.27 bits per heavy atom. The number of nitrogens with one attached hydrogen (secondary N) is 1. The topological polar surface area (TPSA) is 66.5 Å². The van der Waals surface area contributed by atoms with Crippen LogP contribution in [0.4, 0.5) is 0 Å². The van der Waals surface area contributed by atoms with Crippen LogP contribution in [0.5, 0.6) is 0 Å². The predicted molar refractivity (Wildman–Crippen MR) is 88.4 cm³/mol. The number of likely N-dealkylation sites (tertiary alicyclic amines) is 1. The van der Waals surface area contributed by atoms with Gasteiger partial charge in [0, 0.05) is 25.2 Å². The van der Waals surface area contributed by atoms with Gasteiger partial charge in [0.1, 0.15) is 0 Å². The number of carbonyl (C=O) groups is 1. The number of hydrogen-bond acceptors (Lipinski definition) is 5. The zero-order chi connectivity index (χ0) is 15.7.